The Labute approximate surface area is 160 Å². The van der Waals surface area contributed by atoms with Crippen molar-refractivity contribution in [3.8, 4) is 17.4 Å². The van der Waals surface area contributed by atoms with Gasteiger partial charge in [0.05, 0.1) is 14.2 Å². The highest BCUT2D eigenvalue weighted by molar-refractivity contribution is 7.99. The molecule has 0 unspecified atom stereocenters. The fourth-order valence-corrected chi connectivity index (χ4v) is 3.77. The van der Waals surface area contributed by atoms with E-state index in [1.165, 1.54) is 30.5 Å². The predicted octanol–water partition coefficient (Wildman–Crippen LogP) is 2.26. The summed E-state index contributed by atoms with van der Waals surface area (Å²) in [5.41, 5.74) is 0.0350. The summed E-state index contributed by atoms with van der Waals surface area (Å²) >= 11 is 1.37. The van der Waals surface area contributed by atoms with Crippen molar-refractivity contribution >= 4 is 17.7 Å². The SMILES string of the molecule is CCCSc1nc(O)c([C@@H]2OC(=O)c3c2ccc(OC)c3OC)c(=O)n1C. The number of ether oxygens (including phenoxy) is 3. The Kier molecular flexibility index (Phi) is 5.31. The van der Waals surface area contributed by atoms with Crippen LogP contribution in [0.2, 0.25) is 0 Å². The van der Waals surface area contributed by atoms with E-state index >= 15 is 0 Å². The van der Waals surface area contributed by atoms with Crippen LogP contribution >= 0.6 is 11.8 Å². The van der Waals surface area contributed by atoms with Crippen molar-refractivity contribution in [2.45, 2.75) is 24.6 Å². The minimum atomic E-state index is -1.07. The van der Waals surface area contributed by atoms with Gasteiger partial charge in [-0.25, -0.2) is 4.79 Å². The first-order valence-corrected chi connectivity index (χ1v) is 9.31. The molecule has 2 heterocycles. The molecule has 0 fully saturated rings. The highest BCUT2D eigenvalue weighted by Gasteiger charge is 2.40. The second-order valence-corrected chi connectivity index (χ2v) is 6.96. The van der Waals surface area contributed by atoms with E-state index in [4.69, 9.17) is 14.2 Å². The molecule has 0 saturated heterocycles. The van der Waals surface area contributed by atoms with Crippen LogP contribution in [-0.2, 0) is 11.8 Å². The summed E-state index contributed by atoms with van der Waals surface area (Å²) in [4.78, 5) is 29.4. The lowest BCUT2D eigenvalue weighted by Gasteiger charge is -2.15. The molecule has 9 heteroatoms. The molecule has 1 atom stereocenters. The van der Waals surface area contributed by atoms with Crippen LogP contribution in [0.1, 0.15) is 40.9 Å². The highest BCUT2D eigenvalue weighted by Crippen LogP contribution is 2.44. The maximum Gasteiger partial charge on any atom is 0.343 e. The fraction of sp³-hybridized carbons (Fsp3) is 0.389. The van der Waals surface area contributed by atoms with Gasteiger partial charge in [0.1, 0.15) is 11.1 Å². The molecule has 0 saturated carbocycles. The molecular formula is C18H20N2O6S. The molecular weight excluding hydrogens is 372 g/mol. The number of carbonyl (C=O) groups is 1. The van der Waals surface area contributed by atoms with Gasteiger partial charge in [0.25, 0.3) is 5.56 Å². The Morgan fingerprint density at radius 1 is 1.30 bits per heavy atom. The van der Waals surface area contributed by atoms with Gasteiger partial charge in [-0.15, -0.1) is 0 Å². The Hall–Kier alpha value is -2.68. The minimum absolute atomic E-state index is 0.0855. The van der Waals surface area contributed by atoms with Crippen molar-refractivity contribution in [3.63, 3.8) is 0 Å². The molecule has 144 valence electrons. The van der Waals surface area contributed by atoms with Crippen molar-refractivity contribution in [2.24, 2.45) is 7.05 Å². The number of benzene rings is 1. The van der Waals surface area contributed by atoms with Crippen molar-refractivity contribution in [1.82, 2.24) is 9.55 Å². The van der Waals surface area contributed by atoms with E-state index < -0.39 is 23.5 Å². The molecule has 0 bridgehead atoms. The van der Waals surface area contributed by atoms with E-state index in [1.807, 2.05) is 6.92 Å². The molecule has 27 heavy (non-hydrogen) atoms. The van der Waals surface area contributed by atoms with Gasteiger partial charge < -0.3 is 19.3 Å². The third-order valence-electron chi connectivity index (χ3n) is 4.25. The Morgan fingerprint density at radius 3 is 2.67 bits per heavy atom. The second-order valence-electron chi connectivity index (χ2n) is 5.89. The van der Waals surface area contributed by atoms with E-state index in [1.54, 1.807) is 19.2 Å². The monoisotopic (exact) mass is 392 g/mol. The van der Waals surface area contributed by atoms with Gasteiger partial charge >= 0.3 is 5.97 Å². The maximum atomic E-state index is 12.9. The number of hydrogen-bond donors (Lipinski definition) is 1. The van der Waals surface area contributed by atoms with Crippen molar-refractivity contribution < 1.29 is 24.1 Å². The first-order chi connectivity index (χ1) is 12.9. The van der Waals surface area contributed by atoms with Gasteiger partial charge in [-0.2, -0.15) is 4.98 Å². The number of fused-ring (bicyclic) bond motifs is 1. The van der Waals surface area contributed by atoms with E-state index in [0.717, 1.165) is 12.2 Å². The third-order valence-corrected chi connectivity index (χ3v) is 5.49. The largest absolute Gasteiger partial charge is 0.493 e. The average Bonchev–Trinajstić information content (AvgIpc) is 2.99. The minimum Gasteiger partial charge on any atom is -0.493 e. The molecule has 0 aliphatic carbocycles. The molecule has 2 aromatic rings. The molecule has 1 aromatic heterocycles. The van der Waals surface area contributed by atoms with Gasteiger partial charge in [-0.05, 0) is 12.5 Å². The number of rotatable bonds is 6. The summed E-state index contributed by atoms with van der Waals surface area (Å²) in [5.74, 6) is 0.253. The lowest BCUT2D eigenvalue weighted by molar-refractivity contribution is 0.0446. The van der Waals surface area contributed by atoms with Crippen LogP contribution in [0.4, 0.5) is 0 Å². The summed E-state index contributed by atoms with van der Waals surface area (Å²) in [7, 11) is 4.44. The number of aromatic nitrogens is 2. The van der Waals surface area contributed by atoms with Crippen molar-refractivity contribution in [2.75, 3.05) is 20.0 Å². The molecule has 1 N–H and O–H groups in total. The maximum absolute atomic E-state index is 12.9. The number of hydrogen-bond acceptors (Lipinski definition) is 8. The topological polar surface area (TPSA) is 99.9 Å². The summed E-state index contributed by atoms with van der Waals surface area (Å²) in [6, 6.07) is 3.23. The first-order valence-electron chi connectivity index (χ1n) is 8.33. The third kappa shape index (κ3) is 3.12. The zero-order valence-electron chi connectivity index (χ0n) is 15.4. The molecule has 8 nitrogen and oxygen atoms in total. The summed E-state index contributed by atoms with van der Waals surface area (Å²) in [5, 5.41) is 10.8. The molecule has 0 spiro atoms. The number of thioether (sulfide) groups is 1. The molecule has 1 aromatic carbocycles. The Bertz CT molecular complexity index is 956. The predicted molar refractivity (Wildman–Crippen MR) is 99.0 cm³/mol. The van der Waals surface area contributed by atoms with E-state index in [-0.39, 0.29) is 16.9 Å². The van der Waals surface area contributed by atoms with Crippen LogP contribution in [0, 0.1) is 0 Å². The zero-order valence-corrected chi connectivity index (χ0v) is 16.3. The standard InChI is InChI=1S/C18H20N2O6S/c1-5-8-27-18-19-15(21)12(16(22)20(18)2)13-9-6-7-10(24-3)14(25-4)11(9)17(23)26-13/h6-7,13,21H,5,8H2,1-4H3/t13-/m1/s1. The summed E-state index contributed by atoms with van der Waals surface area (Å²) in [6.45, 7) is 2.01. The zero-order chi connectivity index (χ0) is 19.7. The van der Waals surface area contributed by atoms with Gasteiger partial charge in [0.2, 0.25) is 5.88 Å². The van der Waals surface area contributed by atoms with Crippen LogP contribution in [0.15, 0.2) is 22.1 Å². The number of nitrogens with zero attached hydrogens (tertiary/aromatic N) is 2. The number of esters is 1. The van der Waals surface area contributed by atoms with E-state index in [0.29, 0.717) is 16.5 Å². The average molecular weight is 392 g/mol. The molecule has 3 rings (SSSR count). The summed E-state index contributed by atoms with van der Waals surface area (Å²) < 4.78 is 17.3. The van der Waals surface area contributed by atoms with E-state index in [2.05, 4.69) is 4.98 Å². The highest BCUT2D eigenvalue weighted by atomic mass is 32.2. The Morgan fingerprint density at radius 2 is 2.04 bits per heavy atom. The second kappa shape index (κ2) is 7.51. The van der Waals surface area contributed by atoms with Crippen LogP contribution in [0.25, 0.3) is 0 Å². The quantitative estimate of drug-likeness (QED) is 0.454. The van der Waals surface area contributed by atoms with Gasteiger partial charge in [0, 0.05) is 18.4 Å². The van der Waals surface area contributed by atoms with E-state index in [9.17, 15) is 14.7 Å². The summed E-state index contributed by atoms with van der Waals surface area (Å²) in [6.07, 6.45) is -0.165. The number of cyclic esters (lactones) is 1. The number of carbonyl (C=O) groups excluding carboxylic acids is 1. The lowest BCUT2D eigenvalue weighted by atomic mass is 9.99. The molecule has 0 radical (unpaired) electrons. The van der Waals surface area contributed by atoms with Crippen molar-refractivity contribution in [3.05, 3.63) is 39.2 Å². The Balaban J connectivity index is 2.15. The van der Waals surface area contributed by atoms with Crippen LogP contribution in [0.5, 0.6) is 17.4 Å². The number of methoxy groups -OCH3 is 2. The fourth-order valence-electron chi connectivity index (χ4n) is 2.96. The lowest BCUT2D eigenvalue weighted by Crippen LogP contribution is -2.26. The normalized spacial score (nSPS) is 15.4. The molecule has 1 aliphatic rings. The molecule has 0 amide bonds. The first kappa shape index (κ1) is 19.1. The van der Waals surface area contributed by atoms with Crippen molar-refractivity contribution in [1.29, 1.82) is 0 Å². The number of aromatic hydroxyl groups is 1. The van der Waals surface area contributed by atoms with Crippen LogP contribution in [0.3, 0.4) is 0 Å². The van der Waals surface area contributed by atoms with Crippen LogP contribution < -0.4 is 15.0 Å². The van der Waals surface area contributed by atoms with Gasteiger partial charge in [0.15, 0.2) is 22.8 Å². The molecule has 1 aliphatic heterocycles. The van der Waals surface area contributed by atoms with Gasteiger partial charge in [-0.3, -0.25) is 9.36 Å². The smallest absolute Gasteiger partial charge is 0.343 e. The van der Waals surface area contributed by atoms with Gasteiger partial charge in [-0.1, -0.05) is 24.8 Å². The van der Waals surface area contributed by atoms with Crippen LogP contribution in [-0.4, -0.2) is 40.6 Å².